The lowest BCUT2D eigenvalue weighted by atomic mass is 10.0. The maximum absolute atomic E-state index is 13.1. The van der Waals surface area contributed by atoms with Crippen LogP contribution in [0.15, 0.2) is 48.0 Å². The Balaban J connectivity index is 1.85. The minimum absolute atomic E-state index is 0.0602. The van der Waals surface area contributed by atoms with E-state index in [0.717, 1.165) is 16.9 Å². The number of hydrogen-bond acceptors (Lipinski definition) is 3. The van der Waals surface area contributed by atoms with Gasteiger partial charge in [0.2, 0.25) is 0 Å². The molecule has 1 unspecified atom stereocenters. The van der Waals surface area contributed by atoms with Crippen LogP contribution < -0.4 is 4.74 Å². The molecule has 0 saturated carbocycles. The first kappa shape index (κ1) is 18.0. The first-order chi connectivity index (χ1) is 12.5. The highest BCUT2D eigenvalue weighted by molar-refractivity contribution is 6.30. The summed E-state index contributed by atoms with van der Waals surface area (Å²) in [6.45, 7) is 4.74. The van der Waals surface area contributed by atoms with Crippen molar-refractivity contribution >= 4 is 23.6 Å². The third-order valence-electron chi connectivity index (χ3n) is 4.55. The Kier molecular flexibility index (Phi) is 5.29. The van der Waals surface area contributed by atoms with E-state index in [0.29, 0.717) is 22.7 Å². The molecule has 0 bridgehead atoms. The van der Waals surface area contributed by atoms with Gasteiger partial charge in [-0.25, -0.2) is 0 Å². The first-order valence-electron chi connectivity index (χ1n) is 8.47. The Morgan fingerprint density at radius 3 is 2.69 bits per heavy atom. The molecule has 132 valence electrons. The van der Waals surface area contributed by atoms with Gasteiger partial charge in [-0.05, 0) is 55.8 Å². The van der Waals surface area contributed by atoms with Crippen LogP contribution >= 0.6 is 11.6 Å². The third kappa shape index (κ3) is 3.58. The fourth-order valence-electron chi connectivity index (χ4n) is 3.07. The summed E-state index contributed by atoms with van der Waals surface area (Å²) < 4.78 is 5.71. The molecule has 0 saturated heterocycles. The van der Waals surface area contributed by atoms with E-state index >= 15 is 0 Å². The number of fused-ring (bicyclic) bond motifs is 1. The normalized spacial score (nSPS) is 13.7. The molecule has 1 atom stereocenters. The topological polar surface area (TPSA) is 53.3 Å². The van der Waals surface area contributed by atoms with Crippen molar-refractivity contribution in [1.82, 2.24) is 4.90 Å². The van der Waals surface area contributed by atoms with Crippen molar-refractivity contribution in [2.24, 2.45) is 0 Å². The predicted octanol–water partition coefficient (Wildman–Crippen LogP) is 4.60. The molecular weight excluding hydrogens is 348 g/mol. The average Bonchev–Trinajstić information content (AvgIpc) is 2.67. The molecule has 0 N–H and O–H groups in total. The van der Waals surface area contributed by atoms with Crippen LogP contribution in [0.2, 0.25) is 5.02 Å². The number of carbonyl (C=O) groups is 1. The number of halogens is 1. The van der Waals surface area contributed by atoms with Gasteiger partial charge in [-0.3, -0.25) is 4.79 Å². The number of carbonyl (C=O) groups excluding carboxylic acids is 1. The molecule has 3 rings (SSSR count). The van der Waals surface area contributed by atoms with E-state index in [9.17, 15) is 4.79 Å². The van der Waals surface area contributed by atoms with Crippen molar-refractivity contribution < 1.29 is 9.53 Å². The summed E-state index contributed by atoms with van der Waals surface area (Å²) in [4.78, 5) is 14.9. The summed E-state index contributed by atoms with van der Waals surface area (Å²) in [5.41, 5.74) is 3.00. The molecular formula is C21H19ClN2O2. The average molecular weight is 367 g/mol. The van der Waals surface area contributed by atoms with Crippen LogP contribution in [0.3, 0.4) is 0 Å². The van der Waals surface area contributed by atoms with Gasteiger partial charge in [0, 0.05) is 17.1 Å². The van der Waals surface area contributed by atoms with E-state index in [4.69, 9.17) is 21.6 Å². The number of ether oxygens (including phenoxy) is 1. The molecule has 0 spiro atoms. The summed E-state index contributed by atoms with van der Waals surface area (Å²) in [5, 5.41) is 9.54. The van der Waals surface area contributed by atoms with Crippen LogP contribution in [0, 0.1) is 11.3 Å². The molecule has 2 aromatic rings. The molecule has 5 heteroatoms. The van der Waals surface area contributed by atoms with E-state index in [1.807, 2.05) is 38.1 Å². The van der Waals surface area contributed by atoms with E-state index in [1.54, 1.807) is 29.2 Å². The Hall–Kier alpha value is -2.77. The number of benzene rings is 2. The number of likely N-dealkylation sites (N-methyl/N-ethyl adjacent to an activating group) is 1. The van der Waals surface area contributed by atoms with Gasteiger partial charge in [0.05, 0.1) is 23.2 Å². The van der Waals surface area contributed by atoms with E-state index < -0.39 is 0 Å². The minimum Gasteiger partial charge on any atom is -0.488 e. The smallest absolute Gasteiger partial charge is 0.253 e. The fraction of sp³-hybridized carbons (Fsp3) is 0.238. The lowest BCUT2D eigenvalue weighted by Gasteiger charge is -2.30. The van der Waals surface area contributed by atoms with Gasteiger partial charge in [0.15, 0.2) is 0 Å². The minimum atomic E-state index is -0.109. The number of amides is 1. The van der Waals surface area contributed by atoms with Crippen molar-refractivity contribution in [2.45, 2.75) is 19.9 Å². The molecule has 0 aromatic heterocycles. The summed E-state index contributed by atoms with van der Waals surface area (Å²) >= 11 is 6.05. The predicted molar refractivity (Wildman–Crippen MR) is 102 cm³/mol. The van der Waals surface area contributed by atoms with E-state index in [1.165, 1.54) is 0 Å². The van der Waals surface area contributed by atoms with Gasteiger partial charge in [-0.1, -0.05) is 23.7 Å². The van der Waals surface area contributed by atoms with E-state index in [2.05, 4.69) is 6.07 Å². The summed E-state index contributed by atoms with van der Waals surface area (Å²) in [6, 6.07) is 14.7. The second-order valence-electron chi connectivity index (χ2n) is 6.14. The zero-order valence-corrected chi connectivity index (χ0v) is 15.5. The SMILES string of the molecule is CCN(C(=O)C1=Cc2cc(Cl)ccc2OC1)C(C)c1ccc(C#N)cc1. The van der Waals surface area contributed by atoms with Crippen LogP contribution in [-0.2, 0) is 4.79 Å². The lowest BCUT2D eigenvalue weighted by molar-refractivity contribution is -0.129. The highest BCUT2D eigenvalue weighted by Crippen LogP contribution is 2.31. The van der Waals surface area contributed by atoms with Crippen molar-refractivity contribution in [3.63, 3.8) is 0 Å². The van der Waals surface area contributed by atoms with Crippen LogP contribution in [0.5, 0.6) is 5.75 Å². The Labute approximate surface area is 158 Å². The lowest BCUT2D eigenvalue weighted by Crippen LogP contribution is -2.36. The zero-order chi connectivity index (χ0) is 18.7. The zero-order valence-electron chi connectivity index (χ0n) is 14.7. The molecule has 2 aromatic carbocycles. The van der Waals surface area contributed by atoms with Crippen molar-refractivity contribution in [3.05, 3.63) is 69.8 Å². The Morgan fingerprint density at radius 1 is 1.31 bits per heavy atom. The number of nitriles is 1. The van der Waals surface area contributed by atoms with Crippen molar-refractivity contribution in [1.29, 1.82) is 5.26 Å². The number of hydrogen-bond donors (Lipinski definition) is 0. The van der Waals surface area contributed by atoms with Gasteiger partial charge < -0.3 is 9.64 Å². The Bertz CT molecular complexity index is 897. The van der Waals surface area contributed by atoms with Gasteiger partial charge >= 0.3 is 0 Å². The van der Waals surface area contributed by atoms with Crippen molar-refractivity contribution in [2.75, 3.05) is 13.2 Å². The quantitative estimate of drug-likeness (QED) is 0.794. The molecule has 1 amide bonds. The molecule has 26 heavy (non-hydrogen) atoms. The maximum Gasteiger partial charge on any atom is 0.253 e. The fourth-order valence-corrected chi connectivity index (χ4v) is 3.25. The highest BCUT2D eigenvalue weighted by atomic mass is 35.5. The maximum atomic E-state index is 13.1. The largest absolute Gasteiger partial charge is 0.488 e. The van der Waals surface area contributed by atoms with Crippen molar-refractivity contribution in [3.8, 4) is 11.8 Å². The molecule has 0 radical (unpaired) electrons. The molecule has 1 aliphatic rings. The second kappa shape index (κ2) is 7.63. The summed E-state index contributed by atoms with van der Waals surface area (Å²) in [7, 11) is 0. The molecule has 1 aliphatic heterocycles. The van der Waals surface area contributed by atoms with Crippen LogP contribution in [-0.4, -0.2) is 24.0 Å². The molecule has 4 nitrogen and oxygen atoms in total. The molecule has 0 fully saturated rings. The Morgan fingerprint density at radius 2 is 2.04 bits per heavy atom. The highest BCUT2D eigenvalue weighted by Gasteiger charge is 2.25. The number of rotatable bonds is 4. The summed E-state index contributed by atoms with van der Waals surface area (Å²) in [5.74, 6) is 0.670. The van der Waals surface area contributed by atoms with Gasteiger partial charge in [-0.15, -0.1) is 0 Å². The van der Waals surface area contributed by atoms with Gasteiger partial charge in [0.1, 0.15) is 12.4 Å². The monoisotopic (exact) mass is 366 g/mol. The first-order valence-corrected chi connectivity index (χ1v) is 8.85. The van der Waals surface area contributed by atoms with Crippen LogP contribution in [0.4, 0.5) is 0 Å². The number of nitrogens with zero attached hydrogens (tertiary/aromatic N) is 2. The summed E-state index contributed by atoms with van der Waals surface area (Å²) in [6.07, 6.45) is 1.85. The second-order valence-corrected chi connectivity index (χ2v) is 6.58. The van der Waals surface area contributed by atoms with E-state index in [-0.39, 0.29) is 18.6 Å². The van der Waals surface area contributed by atoms with Gasteiger partial charge in [-0.2, -0.15) is 5.26 Å². The molecule has 0 aliphatic carbocycles. The third-order valence-corrected chi connectivity index (χ3v) is 4.79. The van der Waals surface area contributed by atoms with Crippen LogP contribution in [0.1, 0.15) is 36.6 Å². The molecule has 1 heterocycles. The standard InChI is InChI=1S/C21H19ClN2O2/c1-3-24(14(2)16-6-4-15(12-23)5-7-16)21(25)18-10-17-11-19(22)8-9-20(17)26-13-18/h4-11,14H,3,13H2,1-2H3. The van der Waals surface area contributed by atoms with Crippen LogP contribution in [0.25, 0.3) is 6.08 Å². The van der Waals surface area contributed by atoms with Gasteiger partial charge in [0.25, 0.3) is 5.91 Å².